The molecule has 0 fully saturated rings. The zero-order valence-corrected chi connectivity index (χ0v) is 7.47. The van der Waals surface area contributed by atoms with Crippen LogP contribution in [0.1, 0.15) is 13.8 Å². The number of primary amides is 1. The lowest BCUT2D eigenvalue weighted by molar-refractivity contribution is -0.118. The Kier molecular flexibility index (Phi) is 23.9. The predicted molar refractivity (Wildman–Crippen MR) is 44.7 cm³/mol. The number of amides is 2. The highest BCUT2D eigenvalue weighted by Crippen LogP contribution is 1.45. The third-order valence-electron chi connectivity index (χ3n) is 0.352. The van der Waals surface area contributed by atoms with E-state index in [1.165, 1.54) is 20.9 Å². The van der Waals surface area contributed by atoms with E-state index in [1.807, 2.05) is 0 Å². The average molecular weight is 163 g/mol. The summed E-state index contributed by atoms with van der Waals surface area (Å²) < 4.78 is 0. The highest BCUT2D eigenvalue weighted by molar-refractivity contribution is 5.72. The van der Waals surface area contributed by atoms with Crippen LogP contribution in [0.4, 0.5) is 0 Å². The smallest absolute Gasteiger partial charge is 0.216 e. The lowest BCUT2D eigenvalue weighted by Crippen LogP contribution is -2.11. The van der Waals surface area contributed by atoms with E-state index in [1.54, 1.807) is 7.05 Å². The number of carbonyl (C=O) groups is 2. The van der Waals surface area contributed by atoms with Crippen molar-refractivity contribution in [2.24, 2.45) is 11.5 Å². The van der Waals surface area contributed by atoms with E-state index in [9.17, 15) is 9.59 Å². The summed E-state index contributed by atoms with van der Waals surface area (Å²) in [5.74, 6) is -0.329. The van der Waals surface area contributed by atoms with Crippen molar-refractivity contribution in [1.82, 2.24) is 5.32 Å². The first-order chi connectivity index (χ1) is 5.00. The molecule has 0 aromatic heterocycles. The Morgan fingerprint density at radius 1 is 1.18 bits per heavy atom. The summed E-state index contributed by atoms with van der Waals surface area (Å²) in [5, 5.41) is 2.39. The third-order valence-corrected chi connectivity index (χ3v) is 0.352. The average Bonchev–Trinajstić information content (AvgIpc) is 1.91. The monoisotopic (exact) mass is 163 g/mol. The van der Waals surface area contributed by atoms with Crippen molar-refractivity contribution in [2.45, 2.75) is 13.8 Å². The molecule has 0 aliphatic rings. The fourth-order valence-electron chi connectivity index (χ4n) is 0. The first kappa shape index (κ1) is 16.5. The van der Waals surface area contributed by atoms with Gasteiger partial charge in [0.1, 0.15) is 0 Å². The number of rotatable bonds is 0. The van der Waals surface area contributed by atoms with Crippen LogP contribution in [0.5, 0.6) is 0 Å². The molecular formula is C6H17N3O2. The highest BCUT2D eigenvalue weighted by atomic mass is 16.1. The van der Waals surface area contributed by atoms with Crippen molar-refractivity contribution in [3.63, 3.8) is 0 Å². The molecule has 5 heteroatoms. The zero-order valence-electron chi connectivity index (χ0n) is 7.47. The van der Waals surface area contributed by atoms with Crippen LogP contribution in [0.25, 0.3) is 0 Å². The Bertz CT molecular complexity index is 100. The lowest BCUT2D eigenvalue weighted by atomic mass is 10.7. The van der Waals surface area contributed by atoms with Gasteiger partial charge in [0, 0.05) is 20.9 Å². The molecule has 0 aliphatic heterocycles. The number of nitrogens with two attached hydrogens (primary N) is 2. The SMILES string of the molecule is CC(N)=O.CN.CNC(C)=O. The number of hydrogen-bond donors (Lipinski definition) is 3. The molecule has 0 aliphatic carbocycles. The van der Waals surface area contributed by atoms with Gasteiger partial charge in [-0.2, -0.15) is 0 Å². The number of nitrogens with one attached hydrogen (secondary N) is 1. The van der Waals surface area contributed by atoms with Gasteiger partial charge in [0.25, 0.3) is 0 Å². The second-order valence-corrected chi connectivity index (χ2v) is 1.42. The van der Waals surface area contributed by atoms with Crippen LogP contribution in [0.3, 0.4) is 0 Å². The summed E-state index contributed by atoms with van der Waals surface area (Å²) in [5.41, 5.74) is 8.97. The van der Waals surface area contributed by atoms with Gasteiger partial charge in [-0.3, -0.25) is 9.59 Å². The van der Waals surface area contributed by atoms with Crippen molar-refractivity contribution in [3.8, 4) is 0 Å². The van der Waals surface area contributed by atoms with Gasteiger partial charge in [0.15, 0.2) is 0 Å². The first-order valence-electron chi connectivity index (χ1n) is 3.02. The van der Waals surface area contributed by atoms with Gasteiger partial charge in [0.2, 0.25) is 11.8 Å². The molecule has 0 aromatic carbocycles. The first-order valence-corrected chi connectivity index (χ1v) is 3.02. The van der Waals surface area contributed by atoms with Crippen molar-refractivity contribution in [3.05, 3.63) is 0 Å². The largest absolute Gasteiger partial charge is 0.370 e. The topological polar surface area (TPSA) is 98.2 Å². The molecular weight excluding hydrogens is 146 g/mol. The maximum absolute atomic E-state index is 9.70. The van der Waals surface area contributed by atoms with E-state index >= 15 is 0 Å². The van der Waals surface area contributed by atoms with Crippen molar-refractivity contribution >= 4 is 11.8 Å². The standard InChI is InChI=1S/C3H7NO.C2H5NO.CH5N/c1-3(5)4-2;1-2(3)4;1-2/h1-2H3,(H,4,5);1H3,(H2,3,4);2H2,1H3. The molecule has 0 radical (unpaired) electrons. The van der Waals surface area contributed by atoms with Gasteiger partial charge in [-0.15, -0.1) is 0 Å². The Balaban J connectivity index is -0.0000000965. The van der Waals surface area contributed by atoms with Crippen LogP contribution in [0, 0.1) is 0 Å². The Morgan fingerprint density at radius 2 is 1.27 bits per heavy atom. The van der Waals surface area contributed by atoms with Crippen LogP contribution in [-0.4, -0.2) is 25.9 Å². The minimum Gasteiger partial charge on any atom is -0.370 e. The molecule has 0 rings (SSSR count). The molecule has 0 bridgehead atoms. The molecule has 0 unspecified atom stereocenters. The van der Waals surface area contributed by atoms with E-state index in [4.69, 9.17) is 0 Å². The normalized spacial score (nSPS) is 5.91. The van der Waals surface area contributed by atoms with Crippen LogP contribution in [-0.2, 0) is 9.59 Å². The summed E-state index contributed by atoms with van der Waals surface area (Å²) in [7, 11) is 3.10. The summed E-state index contributed by atoms with van der Waals surface area (Å²) in [4.78, 5) is 18.9. The van der Waals surface area contributed by atoms with Crippen LogP contribution >= 0.6 is 0 Å². The van der Waals surface area contributed by atoms with Gasteiger partial charge in [-0.1, -0.05) is 0 Å². The summed E-state index contributed by atoms with van der Waals surface area (Å²) in [6.45, 7) is 2.78. The van der Waals surface area contributed by atoms with Crippen molar-refractivity contribution < 1.29 is 9.59 Å². The molecule has 68 valence electrons. The zero-order chi connectivity index (χ0) is 9.86. The summed E-state index contributed by atoms with van der Waals surface area (Å²) in [6.07, 6.45) is 0. The van der Waals surface area contributed by atoms with Gasteiger partial charge < -0.3 is 16.8 Å². The fraction of sp³-hybridized carbons (Fsp3) is 0.667. The highest BCUT2D eigenvalue weighted by Gasteiger charge is 1.72. The molecule has 2 amide bonds. The molecule has 0 spiro atoms. The maximum Gasteiger partial charge on any atom is 0.216 e. The molecule has 0 saturated heterocycles. The van der Waals surface area contributed by atoms with Crippen LogP contribution in [0.2, 0.25) is 0 Å². The van der Waals surface area contributed by atoms with E-state index in [0.29, 0.717) is 0 Å². The fourth-order valence-corrected chi connectivity index (χ4v) is 0. The van der Waals surface area contributed by atoms with Crippen LogP contribution in [0.15, 0.2) is 0 Å². The summed E-state index contributed by atoms with van der Waals surface area (Å²) in [6, 6.07) is 0. The number of carbonyl (C=O) groups excluding carboxylic acids is 2. The van der Waals surface area contributed by atoms with E-state index < -0.39 is 0 Å². The lowest BCUT2D eigenvalue weighted by Gasteiger charge is -1.80. The van der Waals surface area contributed by atoms with Crippen LogP contribution < -0.4 is 16.8 Å². The van der Waals surface area contributed by atoms with Crippen molar-refractivity contribution in [2.75, 3.05) is 14.1 Å². The molecule has 0 aromatic rings. The molecule has 11 heavy (non-hydrogen) atoms. The van der Waals surface area contributed by atoms with Gasteiger partial charge >= 0.3 is 0 Å². The van der Waals surface area contributed by atoms with E-state index in [0.717, 1.165) is 0 Å². The second-order valence-electron chi connectivity index (χ2n) is 1.42. The molecule has 0 saturated carbocycles. The minimum atomic E-state index is -0.333. The predicted octanol–water partition coefficient (Wildman–Crippen LogP) is -1.18. The third kappa shape index (κ3) is 523. The molecule has 5 N–H and O–H groups in total. The van der Waals surface area contributed by atoms with E-state index in [2.05, 4.69) is 16.8 Å². The molecule has 0 atom stereocenters. The molecule has 0 heterocycles. The Labute approximate surface area is 67.1 Å². The second kappa shape index (κ2) is 16.0. The van der Waals surface area contributed by atoms with Gasteiger partial charge in [-0.05, 0) is 7.05 Å². The summed E-state index contributed by atoms with van der Waals surface area (Å²) >= 11 is 0. The van der Waals surface area contributed by atoms with Crippen molar-refractivity contribution in [1.29, 1.82) is 0 Å². The Hall–Kier alpha value is -1.10. The maximum atomic E-state index is 9.70. The Morgan fingerprint density at radius 3 is 1.27 bits per heavy atom. The van der Waals surface area contributed by atoms with Gasteiger partial charge in [0.05, 0.1) is 0 Å². The number of hydrogen-bond acceptors (Lipinski definition) is 3. The quantitative estimate of drug-likeness (QED) is 0.419. The minimum absolute atomic E-state index is 0.00463. The van der Waals surface area contributed by atoms with Gasteiger partial charge in [-0.25, -0.2) is 0 Å². The van der Waals surface area contributed by atoms with E-state index in [-0.39, 0.29) is 11.8 Å². The molecule has 5 nitrogen and oxygen atoms in total.